The summed E-state index contributed by atoms with van der Waals surface area (Å²) in [7, 11) is 0. The van der Waals surface area contributed by atoms with Crippen LogP contribution >= 0.6 is 23.2 Å². The Bertz CT molecular complexity index is 1090. The number of hydrogen-bond acceptors (Lipinski definition) is 5. The molecule has 0 fully saturated rings. The van der Waals surface area contributed by atoms with Gasteiger partial charge in [-0.2, -0.15) is 0 Å². The lowest BCUT2D eigenvalue weighted by Crippen LogP contribution is -2.32. The molecule has 0 bridgehead atoms. The van der Waals surface area contributed by atoms with Crippen molar-refractivity contribution < 1.29 is 14.7 Å². The molecule has 3 rings (SSSR count). The zero-order chi connectivity index (χ0) is 23.1. The van der Waals surface area contributed by atoms with Gasteiger partial charge in [-0.1, -0.05) is 54.7 Å². The van der Waals surface area contributed by atoms with Crippen LogP contribution in [0.15, 0.2) is 54.9 Å². The van der Waals surface area contributed by atoms with Gasteiger partial charge < -0.3 is 15.7 Å². The molecular weight excluding hydrogens is 451 g/mol. The van der Waals surface area contributed by atoms with E-state index >= 15 is 0 Å². The average molecular weight is 473 g/mol. The summed E-state index contributed by atoms with van der Waals surface area (Å²) in [6, 6.07) is 11.6. The van der Waals surface area contributed by atoms with E-state index in [9.17, 15) is 14.7 Å². The van der Waals surface area contributed by atoms with Crippen LogP contribution in [0, 0.1) is 0 Å². The van der Waals surface area contributed by atoms with Gasteiger partial charge in [0.15, 0.2) is 0 Å². The molecule has 0 aliphatic carbocycles. The molecule has 32 heavy (non-hydrogen) atoms. The number of hydrogen-bond donors (Lipinski definition) is 3. The number of carbonyl (C=O) groups is 2. The number of anilines is 2. The van der Waals surface area contributed by atoms with Crippen molar-refractivity contribution in [2.75, 3.05) is 10.6 Å². The number of carboxylic acid groups (broad SMARTS) is 1. The Morgan fingerprint density at radius 2 is 1.75 bits per heavy atom. The lowest BCUT2D eigenvalue weighted by atomic mass is 10.1. The molecule has 2 aromatic heterocycles. The van der Waals surface area contributed by atoms with E-state index in [1.54, 1.807) is 30.3 Å². The normalized spacial score (nSPS) is 11.6. The van der Waals surface area contributed by atoms with Crippen LogP contribution in [-0.4, -0.2) is 33.0 Å². The van der Waals surface area contributed by atoms with Gasteiger partial charge in [0.05, 0.1) is 15.6 Å². The van der Waals surface area contributed by atoms with Gasteiger partial charge in [0.2, 0.25) is 0 Å². The van der Waals surface area contributed by atoms with Crippen molar-refractivity contribution in [3.63, 3.8) is 0 Å². The Balaban J connectivity index is 1.67. The van der Waals surface area contributed by atoms with E-state index in [4.69, 9.17) is 23.2 Å². The number of rotatable bonds is 9. The van der Waals surface area contributed by atoms with Crippen molar-refractivity contribution in [3.8, 4) is 0 Å². The molecule has 1 atom stereocenters. The summed E-state index contributed by atoms with van der Waals surface area (Å²) in [5.74, 6) is -0.913. The quantitative estimate of drug-likeness (QED) is 0.400. The van der Waals surface area contributed by atoms with Crippen molar-refractivity contribution in [1.29, 1.82) is 0 Å². The van der Waals surface area contributed by atoms with E-state index in [0.717, 1.165) is 24.1 Å². The minimum Gasteiger partial charge on any atom is -0.480 e. The SMILES string of the molecule is CCCc1cccc(NC(Cc2ccc(NC(=O)c3c(Cl)cncc3Cl)cc2)C(=O)O)n1. The average Bonchev–Trinajstić information content (AvgIpc) is 2.75. The number of nitrogens with one attached hydrogen (secondary N) is 2. The molecule has 0 aliphatic heterocycles. The van der Waals surface area contributed by atoms with Crippen molar-refractivity contribution >= 4 is 46.6 Å². The van der Waals surface area contributed by atoms with E-state index in [-0.39, 0.29) is 22.0 Å². The highest BCUT2D eigenvalue weighted by Gasteiger charge is 2.19. The molecule has 9 heteroatoms. The summed E-state index contributed by atoms with van der Waals surface area (Å²) in [5, 5.41) is 15.7. The third-order valence-corrected chi connectivity index (χ3v) is 5.24. The Morgan fingerprint density at radius 3 is 2.38 bits per heavy atom. The minimum absolute atomic E-state index is 0.139. The summed E-state index contributed by atoms with van der Waals surface area (Å²) < 4.78 is 0. The summed E-state index contributed by atoms with van der Waals surface area (Å²) in [6.45, 7) is 2.06. The number of halogens is 2. The first-order valence-electron chi connectivity index (χ1n) is 10.0. The molecule has 2 heterocycles. The minimum atomic E-state index is -0.980. The molecule has 7 nitrogen and oxygen atoms in total. The van der Waals surface area contributed by atoms with Gasteiger partial charge in [0, 0.05) is 30.2 Å². The van der Waals surface area contributed by atoms with E-state index in [0.29, 0.717) is 11.5 Å². The fourth-order valence-corrected chi connectivity index (χ4v) is 3.65. The standard InChI is InChI=1S/C23H22Cl2N4O3/c1-2-4-15-5-3-6-20(27-15)29-19(23(31)32)11-14-7-9-16(10-8-14)28-22(30)21-17(24)12-26-13-18(21)25/h3,5-10,12-13,19H,2,4,11H2,1H3,(H,27,29)(H,28,30)(H,31,32). The molecule has 3 aromatic rings. The first kappa shape index (κ1) is 23.5. The molecule has 1 unspecified atom stereocenters. The summed E-state index contributed by atoms with van der Waals surface area (Å²) in [4.78, 5) is 32.6. The first-order chi connectivity index (χ1) is 15.4. The van der Waals surface area contributed by atoms with Gasteiger partial charge in [0.25, 0.3) is 5.91 Å². The van der Waals surface area contributed by atoms with Crippen LogP contribution < -0.4 is 10.6 Å². The maximum absolute atomic E-state index is 12.5. The van der Waals surface area contributed by atoms with Crippen LogP contribution in [0.3, 0.4) is 0 Å². The predicted molar refractivity (Wildman–Crippen MR) is 126 cm³/mol. The molecule has 0 aliphatic rings. The third-order valence-electron chi connectivity index (χ3n) is 4.67. The molecule has 1 aromatic carbocycles. The van der Waals surface area contributed by atoms with Gasteiger partial charge in [-0.05, 0) is 36.2 Å². The zero-order valence-electron chi connectivity index (χ0n) is 17.3. The Hall–Kier alpha value is -3.16. The Kier molecular flexibility index (Phi) is 8.03. The highest BCUT2D eigenvalue weighted by Crippen LogP contribution is 2.24. The van der Waals surface area contributed by atoms with Gasteiger partial charge in [-0.3, -0.25) is 9.78 Å². The van der Waals surface area contributed by atoms with Gasteiger partial charge >= 0.3 is 5.97 Å². The summed E-state index contributed by atoms with van der Waals surface area (Å²) in [6.07, 6.45) is 4.72. The third kappa shape index (κ3) is 6.18. The molecule has 3 N–H and O–H groups in total. The fraction of sp³-hybridized carbons (Fsp3) is 0.217. The van der Waals surface area contributed by atoms with Crippen molar-refractivity contribution in [2.45, 2.75) is 32.2 Å². The monoisotopic (exact) mass is 472 g/mol. The van der Waals surface area contributed by atoms with Crippen LogP contribution in [0.5, 0.6) is 0 Å². The fourth-order valence-electron chi connectivity index (χ4n) is 3.12. The van der Waals surface area contributed by atoms with E-state index in [1.165, 1.54) is 12.4 Å². The second-order valence-electron chi connectivity index (χ2n) is 7.13. The molecule has 166 valence electrons. The van der Waals surface area contributed by atoms with Gasteiger partial charge in [-0.15, -0.1) is 0 Å². The number of aliphatic carboxylic acids is 1. The Morgan fingerprint density at radius 1 is 1.06 bits per heavy atom. The lowest BCUT2D eigenvalue weighted by molar-refractivity contribution is -0.137. The topological polar surface area (TPSA) is 104 Å². The smallest absolute Gasteiger partial charge is 0.326 e. The maximum atomic E-state index is 12.5. The predicted octanol–water partition coefficient (Wildman–Crippen LogP) is 5.10. The largest absolute Gasteiger partial charge is 0.480 e. The van der Waals surface area contributed by atoms with Crippen LogP contribution in [0.1, 0.15) is 35.0 Å². The van der Waals surface area contributed by atoms with Crippen molar-refractivity contribution in [3.05, 3.63) is 81.7 Å². The second kappa shape index (κ2) is 10.9. The van der Waals surface area contributed by atoms with Crippen LogP contribution in [0.2, 0.25) is 10.0 Å². The second-order valence-corrected chi connectivity index (χ2v) is 7.95. The van der Waals surface area contributed by atoms with Crippen molar-refractivity contribution in [2.24, 2.45) is 0 Å². The van der Waals surface area contributed by atoms with Crippen LogP contribution in [0.4, 0.5) is 11.5 Å². The molecule has 0 spiro atoms. The number of benzene rings is 1. The van der Waals surface area contributed by atoms with Gasteiger partial charge in [-0.25, -0.2) is 9.78 Å². The van der Waals surface area contributed by atoms with Gasteiger partial charge in [0.1, 0.15) is 11.9 Å². The van der Waals surface area contributed by atoms with Crippen LogP contribution in [-0.2, 0) is 17.6 Å². The van der Waals surface area contributed by atoms with E-state index < -0.39 is 17.9 Å². The molecule has 0 saturated carbocycles. The maximum Gasteiger partial charge on any atom is 0.326 e. The zero-order valence-corrected chi connectivity index (χ0v) is 18.8. The molecule has 0 radical (unpaired) electrons. The highest BCUT2D eigenvalue weighted by atomic mass is 35.5. The number of carboxylic acids is 1. The molecular formula is C23H22Cl2N4O3. The number of pyridine rings is 2. The van der Waals surface area contributed by atoms with E-state index in [2.05, 4.69) is 27.5 Å². The number of carbonyl (C=O) groups excluding carboxylic acids is 1. The summed E-state index contributed by atoms with van der Waals surface area (Å²) in [5.41, 5.74) is 2.36. The first-order valence-corrected chi connectivity index (χ1v) is 10.8. The lowest BCUT2D eigenvalue weighted by Gasteiger charge is -2.16. The molecule has 1 amide bonds. The summed E-state index contributed by atoms with van der Waals surface area (Å²) >= 11 is 12.0. The highest BCUT2D eigenvalue weighted by molar-refractivity contribution is 6.40. The van der Waals surface area contributed by atoms with Crippen LogP contribution in [0.25, 0.3) is 0 Å². The number of aromatic nitrogens is 2. The van der Waals surface area contributed by atoms with Crippen molar-refractivity contribution in [1.82, 2.24) is 9.97 Å². The number of nitrogens with zero attached hydrogens (tertiary/aromatic N) is 2. The number of amides is 1. The van der Waals surface area contributed by atoms with E-state index in [1.807, 2.05) is 12.1 Å². The Labute approximate surface area is 195 Å². The molecule has 0 saturated heterocycles. The number of aryl methyl sites for hydroxylation is 1.